The van der Waals surface area contributed by atoms with E-state index in [9.17, 15) is 9.59 Å². The number of aromatic nitrogens is 1. The highest BCUT2D eigenvalue weighted by Gasteiger charge is 2.27. The zero-order valence-corrected chi connectivity index (χ0v) is 12.2. The number of carboxylic acids is 1. The van der Waals surface area contributed by atoms with Gasteiger partial charge in [-0.2, -0.15) is 0 Å². The third-order valence-electron chi connectivity index (χ3n) is 4.01. The Hall–Kier alpha value is -2.37. The van der Waals surface area contributed by atoms with Crippen molar-refractivity contribution >= 4 is 23.0 Å². The standard InChI is InChI=1S/C16H18N2O4/c19-15(18-9-3-4-11(10-18)16(20)21)8-7-14-17-12-5-1-2-6-13(12)22-14/h1-2,5-6,11H,3-4,7-10H2,(H,20,21)/t11-/m0/s1. The van der Waals surface area contributed by atoms with Gasteiger partial charge in [-0.3, -0.25) is 9.59 Å². The molecule has 2 aromatic rings. The summed E-state index contributed by atoms with van der Waals surface area (Å²) in [6, 6.07) is 7.48. The van der Waals surface area contributed by atoms with Crippen LogP contribution < -0.4 is 0 Å². The maximum Gasteiger partial charge on any atom is 0.308 e. The normalized spacial score (nSPS) is 18.5. The highest BCUT2D eigenvalue weighted by atomic mass is 16.4. The maximum absolute atomic E-state index is 12.2. The number of hydrogen-bond acceptors (Lipinski definition) is 4. The number of piperidine rings is 1. The molecule has 1 amide bonds. The largest absolute Gasteiger partial charge is 0.481 e. The van der Waals surface area contributed by atoms with E-state index in [-0.39, 0.29) is 5.91 Å². The first-order chi connectivity index (χ1) is 10.6. The fraction of sp³-hybridized carbons (Fsp3) is 0.438. The molecule has 6 heteroatoms. The van der Waals surface area contributed by atoms with E-state index >= 15 is 0 Å². The Morgan fingerprint density at radius 1 is 1.36 bits per heavy atom. The van der Waals surface area contributed by atoms with Gasteiger partial charge in [0, 0.05) is 25.9 Å². The molecule has 6 nitrogen and oxygen atoms in total. The van der Waals surface area contributed by atoms with Crippen LogP contribution in [0.4, 0.5) is 0 Å². The molecule has 2 heterocycles. The second-order valence-electron chi connectivity index (χ2n) is 5.59. The summed E-state index contributed by atoms with van der Waals surface area (Å²) in [5, 5.41) is 9.06. The molecule has 116 valence electrons. The molecular weight excluding hydrogens is 284 g/mol. The number of oxazole rings is 1. The Labute approximate surface area is 127 Å². The van der Waals surface area contributed by atoms with Crippen molar-refractivity contribution in [2.24, 2.45) is 5.92 Å². The van der Waals surface area contributed by atoms with Gasteiger partial charge >= 0.3 is 5.97 Å². The molecule has 0 radical (unpaired) electrons. The molecule has 1 aromatic heterocycles. The number of rotatable bonds is 4. The second kappa shape index (κ2) is 6.17. The van der Waals surface area contributed by atoms with Crippen molar-refractivity contribution in [3.8, 4) is 0 Å². The number of carbonyl (C=O) groups is 2. The molecule has 0 spiro atoms. The van der Waals surface area contributed by atoms with Crippen LogP contribution in [0.5, 0.6) is 0 Å². The highest BCUT2D eigenvalue weighted by molar-refractivity contribution is 5.78. The van der Waals surface area contributed by atoms with E-state index in [0.29, 0.717) is 43.8 Å². The van der Waals surface area contributed by atoms with Gasteiger partial charge in [0.05, 0.1) is 5.92 Å². The third kappa shape index (κ3) is 3.10. The van der Waals surface area contributed by atoms with Crippen molar-refractivity contribution in [2.45, 2.75) is 25.7 Å². The minimum atomic E-state index is -0.823. The Kier molecular flexibility index (Phi) is 4.09. The minimum absolute atomic E-state index is 0.0341. The number of carbonyl (C=O) groups excluding carboxylic acids is 1. The molecule has 1 aliphatic heterocycles. The zero-order valence-electron chi connectivity index (χ0n) is 12.2. The molecule has 0 aliphatic carbocycles. The fourth-order valence-corrected chi connectivity index (χ4v) is 2.80. The predicted molar refractivity (Wildman–Crippen MR) is 79.3 cm³/mol. The summed E-state index contributed by atoms with van der Waals surface area (Å²) < 4.78 is 5.59. The number of carboxylic acid groups (broad SMARTS) is 1. The van der Waals surface area contributed by atoms with Crippen LogP contribution in [0.1, 0.15) is 25.2 Å². The van der Waals surface area contributed by atoms with Gasteiger partial charge in [-0.25, -0.2) is 4.98 Å². The summed E-state index contributed by atoms with van der Waals surface area (Å²) in [4.78, 5) is 29.2. The summed E-state index contributed by atoms with van der Waals surface area (Å²) in [7, 11) is 0. The number of aryl methyl sites for hydroxylation is 1. The smallest absolute Gasteiger partial charge is 0.308 e. The lowest BCUT2D eigenvalue weighted by molar-refractivity contribution is -0.145. The summed E-state index contributed by atoms with van der Waals surface area (Å²) in [6.45, 7) is 0.942. The molecule has 0 saturated carbocycles. The third-order valence-corrected chi connectivity index (χ3v) is 4.01. The van der Waals surface area contributed by atoms with Gasteiger partial charge < -0.3 is 14.4 Å². The van der Waals surface area contributed by atoms with Crippen LogP contribution in [0.15, 0.2) is 28.7 Å². The molecule has 22 heavy (non-hydrogen) atoms. The Morgan fingerprint density at radius 3 is 2.95 bits per heavy atom. The first-order valence-electron chi connectivity index (χ1n) is 7.48. The SMILES string of the molecule is O=C(O)[C@H]1CCCN(C(=O)CCc2nc3ccccc3o2)C1. The van der Waals surface area contributed by atoms with Crippen LogP contribution in [0.25, 0.3) is 11.1 Å². The Balaban J connectivity index is 1.58. The molecular formula is C16H18N2O4. The van der Waals surface area contributed by atoms with Crippen LogP contribution in [0.2, 0.25) is 0 Å². The van der Waals surface area contributed by atoms with Crippen molar-refractivity contribution in [1.29, 1.82) is 0 Å². The lowest BCUT2D eigenvalue weighted by Gasteiger charge is -2.30. The highest BCUT2D eigenvalue weighted by Crippen LogP contribution is 2.19. The molecule has 0 bridgehead atoms. The summed E-state index contributed by atoms with van der Waals surface area (Å²) in [5.74, 6) is -0.756. The molecule has 1 aromatic carbocycles. The number of hydrogen-bond donors (Lipinski definition) is 1. The number of likely N-dealkylation sites (tertiary alicyclic amines) is 1. The molecule has 1 saturated heterocycles. The molecule has 0 unspecified atom stereocenters. The maximum atomic E-state index is 12.2. The van der Waals surface area contributed by atoms with Gasteiger partial charge in [0.2, 0.25) is 5.91 Å². The Bertz CT molecular complexity index is 661. The monoisotopic (exact) mass is 302 g/mol. The van der Waals surface area contributed by atoms with Gasteiger partial charge in [0.1, 0.15) is 5.52 Å². The predicted octanol–water partition coefficient (Wildman–Crippen LogP) is 2.08. The van der Waals surface area contributed by atoms with E-state index in [2.05, 4.69) is 4.98 Å². The van der Waals surface area contributed by atoms with Crippen LogP contribution in [0.3, 0.4) is 0 Å². The number of aliphatic carboxylic acids is 1. The van der Waals surface area contributed by atoms with Crippen LogP contribution in [-0.4, -0.2) is 40.0 Å². The molecule has 1 N–H and O–H groups in total. The first kappa shape index (κ1) is 14.6. The van der Waals surface area contributed by atoms with Crippen LogP contribution in [-0.2, 0) is 16.0 Å². The van der Waals surface area contributed by atoms with E-state index in [4.69, 9.17) is 9.52 Å². The lowest BCUT2D eigenvalue weighted by Crippen LogP contribution is -2.42. The summed E-state index contributed by atoms with van der Waals surface area (Å²) in [6.07, 6.45) is 2.11. The lowest BCUT2D eigenvalue weighted by atomic mass is 9.98. The van der Waals surface area contributed by atoms with Crippen molar-refractivity contribution in [3.63, 3.8) is 0 Å². The average molecular weight is 302 g/mol. The minimum Gasteiger partial charge on any atom is -0.481 e. The van der Waals surface area contributed by atoms with E-state index in [1.165, 1.54) is 0 Å². The topological polar surface area (TPSA) is 83.6 Å². The summed E-state index contributed by atoms with van der Waals surface area (Å²) >= 11 is 0. The van der Waals surface area contributed by atoms with Gasteiger partial charge in [0.25, 0.3) is 0 Å². The van der Waals surface area contributed by atoms with Crippen molar-refractivity contribution in [3.05, 3.63) is 30.2 Å². The van der Waals surface area contributed by atoms with Gasteiger partial charge in [-0.1, -0.05) is 12.1 Å². The van der Waals surface area contributed by atoms with Gasteiger partial charge in [-0.05, 0) is 25.0 Å². The number of nitrogens with zero attached hydrogens (tertiary/aromatic N) is 2. The van der Waals surface area contributed by atoms with Crippen molar-refractivity contribution < 1.29 is 19.1 Å². The van der Waals surface area contributed by atoms with E-state index in [0.717, 1.165) is 11.9 Å². The van der Waals surface area contributed by atoms with Crippen molar-refractivity contribution in [1.82, 2.24) is 9.88 Å². The molecule has 3 rings (SSSR count). The fourth-order valence-electron chi connectivity index (χ4n) is 2.80. The average Bonchev–Trinajstić information content (AvgIpc) is 2.95. The van der Waals surface area contributed by atoms with Crippen LogP contribution in [0, 0.1) is 5.92 Å². The van der Waals surface area contributed by atoms with E-state index in [1.807, 2.05) is 24.3 Å². The summed E-state index contributed by atoms with van der Waals surface area (Å²) in [5.41, 5.74) is 1.50. The van der Waals surface area contributed by atoms with E-state index < -0.39 is 11.9 Å². The molecule has 1 fully saturated rings. The number of para-hydroxylation sites is 2. The molecule has 1 aliphatic rings. The zero-order chi connectivity index (χ0) is 15.5. The van der Waals surface area contributed by atoms with Gasteiger partial charge in [0.15, 0.2) is 11.5 Å². The van der Waals surface area contributed by atoms with Crippen LogP contribution >= 0.6 is 0 Å². The number of amides is 1. The number of fused-ring (bicyclic) bond motifs is 1. The van der Waals surface area contributed by atoms with Crippen molar-refractivity contribution in [2.75, 3.05) is 13.1 Å². The molecule has 1 atom stereocenters. The number of benzene rings is 1. The second-order valence-corrected chi connectivity index (χ2v) is 5.59. The quantitative estimate of drug-likeness (QED) is 0.935. The Morgan fingerprint density at radius 2 is 2.18 bits per heavy atom. The van der Waals surface area contributed by atoms with E-state index in [1.54, 1.807) is 4.90 Å². The van der Waals surface area contributed by atoms with Gasteiger partial charge in [-0.15, -0.1) is 0 Å². The first-order valence-corrected chi connectivity index (χ1v) is 7.48.